The third-order valence-electron chi connectivity index (χ3n) is 3.81. The second kappa shape index (κ2) is 5.87. The molecule has 1 saturated carbocycles. The van der Waals surface area contributed by atoms with E-state index in [0.29, 0.717) is 23.7 Å². The lowest BCUT2D eigenvalue weighted by Gasteiger charge is -2.35. The van der Waals surface area contributed by atoms with Crippen LogP contribution >= 0.6 is 15.9 Å². The Bertz CT molecular complexity index is 408. The Labute approximate surface area is 117 Å². The maximum absolute atomic E-state index is 5.78. The standard InChI is InChI=1S/C13H21BrN4/c1-8(2)9-5-3-4-6-10(9)18-13-11(14)12(15)16-7-17-13/h7-10H,3-6H2,1-2H3,(H3,15,16,17,18). The minimum Gasteiger partial charge on any atom is -0.383 e. The number of nitrogens with one attached hydrogen (secondary N) is 1. The second-order valence-corrected chi connectivity index (χ2v) is 6.16. The zero-order chi connectivity index (χ0) is 13.1. The highest BCUT2D eigenvalue weighted by atomic mass is 79.9. The van der Waals surface area contributed by atoms with Crippen molar-refractivity contribution in [2.75, 3.05) is 11.1 Å². The average molecular weight is 313 g/mol. The van der Waals surface area contributed by atoms with E-state index in [4.69, 9.17) is 5.73 Å². The molecule has 2 atom stereocenters. The van der Waals surface area contributed by atoms with Crippen molar-refractivity contribution < 1.29 is 0 Å². The van der Waals surface area contributed by atoms with Gasteiger partial charge in [0.15, 0.2) is 0 Å². The molecule has 18 heavy (non-hydrogen) atoms. The summed E-state index contributed by atoms with van der Waals surface area (Å²) in [6, 6.07) is 0.490. The molecule has 1 fully saturated rings. The lowest BCUT2D eigenvalue weighted by atomic mass is 9.78. The number of nitrogen functional groups attached to an aromatic ring is 1. The van der Waals surface area contributed by atoms with Gasteiger partial charge >= 0.3 is 0 Å². The van der Waals surface area contributed by atoms with Crippen LogP contribution in [0.1, 0.15) is 39.5 Å². The summed E-state index contributed by atoms with van der Waals surface area (Å²) >= 11 is 3.45. The normalized spacial score (nSPS) is 24.2. The van der Waals surface area contributed by atoms with Crippen LogP contribution in [-0.2, 0) is 0 Å². The largest absolute Gasteiger partial charge is 0.383 e. The monoisotopic (exact) mass is 312 g/mol. The molecule has 100 valence electrons. The molecule has 5 heteroatoms. The van der Waals surface area contributed by atoms with Crippen LogP contribution in [0, 0.1) is 11.8 Å². The maximum atomic E-state index is 5.78. The molecular formula is C13H21BrN4. The molecule has 1 aliphatic carbocycles. The van der Waals surface area contributed by atoms with Crippen molar-refractivity contribution in [1.82, 2.24) is 9.97 Å². The molecule has 0 amide bonds. The van der Waals surface area contributed by atoms with Gasteiger partial charge in [-0.25, -0.2) is 9.97 Å². The summed E-state index contributed by atoms with van der Waals surface area (Å²) in [7, 11) is 0. The molecule has 1 aliphatic rings. The molecule has 3 N–H and O–H groups in total. The molecule has 4 nitrogen and oxygen atoms in total. The van der Waals surface area contributed by atoms with Crippen molar-refractivity contribution in [3.63, 3.8) is 0 Å². The van der Waals surface area contributed by atoms with Crippen LogP contribution in [0.3, 0.4) is 0 Å². The first-order valence-electron chi connectivity index (χ1n) is 6.62. The fourth-order valence-corrected chi connectivity index (χ4v) is 3.12. The first kappa shape index (κ1) is 13.6. The fraction of sp³-hybridized carbons (Fsp3) is 0.692. The highest BCUT2D eigenvalue weighted by Crippen LogP contribution is 2.34. The number of hydrogen-bond donors (Lipinski definition) is 2. The van der Waals surface area contributed by atoms with E-state index in [1.807, 2.05) is 0 Å². The summed E-state index contributed by atoms with van der Waals surface area (Å²) in [5.41, 5.74) is 5.78. The second-order valence-electron chi connectivity index (χ2n) is 5.36. The highest BCUT2D eigenvalue weighted by Gasteiger charge is 2.28. The van der Waals surface area contributed by atoms with Gasteiger partial charge in [-0.05, 0) is 40.6 Å². The van der Waals surface area contributed by atoms with Gasteiger partial charge in [-0.15, -0.1) is 0 Å². The Morgan fingerprint density at radius 3 is 2.78 bits per heavy atom. The topological polar surface area (TPSA) is 63.8 Å². The number of nitrogens with zero attached hydrogens (tertiary/aromatic N) is 2. The first-order chi connectivity index (χ1) is 8.59. The SMILES string of the molecule is CC(C)C1CCCCC1Nc1ncnc(N)c1Br. The molecular weight excluding hydrogens is 292 g/mol. The van der Waals surface area contributed by atoms with E-state index in [-0.39, 0.29) is 0 Å². The quantitative estimate of drug-likeness (QED) is 0.897. The van der Waals surface area contributed by atoms with Crippen molar-refractivity contribution in [2.24, 2.45) is 11.8 Å². The van der Waals surface area contributed by atoms with Crippen molar-refractivity contribution in [3.05, 3.63) is 10.8 Å². The summed E-state index contributed by atoms with van der Waals surface area (Å²) in [6.45, 7) is 4.60. The zero-order valence-corrected chi connectivity index (χ0v) is 12.6. The van der Waals surface area contributed by atoms with Gasteiger partial charge in [-0.2, -0.15) is 0 Å². The Morgan fingerprint density at radius 1 is 1.33 bits per heavy atom. The zero-order valence-electron chi connectivity index (χ0n) is 11.0. The molecule has 0 spiro atoms. The molecule has 2 rings (SSSR count). The molecule has 2 unspecified atom stereocenters. The van der Waals surface area contributed by atoms with Crippen molar-refractivity contribution in [2.45, 2.75) is 45.6 Å². The number of aromatic nitrogens is 2. The summed E-state index contributed by atoms with van der Waals surface area (Å²) in [5, 5.41) is 3.54. The predicted octanol–water partition coefficient (Wildman–Crippen LogP) is 3.45. The van der Waals surface area contributed by atoms with E-state index in [0.717, 1.165) is 10.3 Å². The summed E-state index contributed by atoms with van der Waals surface area (Å²) in [4.78, 5) is 8.24. The predicted molar refractivity (Wildman–Crippen MR) is 78.4 cm³/mol. The van der Waals surface area contributed by atoms with E-state index >= 15 is 0 Å². The molecule has 1 aromatic rings. The van der Waals surface area contributed by atoms with Gasteiger partial charge < -0.3 is 11.1 Å². The van der Waals surface area contributed by atoms with Crippen LogP contribution in [0.25, 0.3) is 0 Å². The first-order valence-corrected chi connectivity index (χ1v) is 7.41. The summed E-state index contributed by atoms with van der Waals surface area (Å²) < 4.78 is 0.776. The summed E-state index contributed by atoms with van der Waals surface area (Å²) in [5.74, 6) is 2.71. The number of nitrogens with two attached hydrogens (primary N) is 1. The number of anilines is 2. The lowest BCUT2D eigenvalue weighted by Crippen LogP contribution is -2.35. The summed E-state index contributed by atoms with van der Waals surface area (Å²) in [6.07, 6.45) is 6.65. The Kier molecular flexibility index (Phi) is 4.43. The molecule has 0 aliphatic heterocycles. The lowest BCUT2D eigenvalue weighted by molar-refractivity contribution is 0.253. The fourth-order valence-electron chi connectivity index (χ4n) is 2.80. The van der Waals surface area contributed by atoms with Gasteiger partial charge in [-0.1, -0.05) is 26.7 Å². The third-order valence-corrected chi connectivity index (χ3v) is 4.60. The van der Waals surface area contributed by atoms with Gasteiger partial charge in [0, 0.05) is 6.04 Å². The number of hydrogen-bond acceptors (Lipinski definition) is 4. The van der Waals surface area contributed by atoms with Gasteiger partial charge in [0.05, 0.1) is 0 Å². The van der Waals surface area contributed by atoms with Crippen LogP contribution in [0.4, 0.5) is 11.6 Å². The van der Waals surface area contributed by atoms with Gasteiger partial charge in [-0.3, -0.25) is 0 Å². The smallest absolute Gasteiger partial charge is 0.146 e. The van der Waals surface area contributed by atoms with Crippen LogP contribution in [0.2, 0.25) is 0 Å². The van der Waals surface area contributed by atoms with Gasteiger partial charge in [0.1, 0.15) is 22.4 Å². The van der Waals surface area contributed by atoms with Crippen molar-refractivity contribution >= 4 is 27.6 Å². The number of rotatable bonds is 3. The van der Waals surface area contributed by atoms with Crippen molar-refractivity contribution in [1.29, 1.82) is 0 Å². The number of halogens is 1. The van der Waals surface area contributed by atoms with Gasteiger partial charge in [0.2, 0.25) is 0 Å². The Hall–Kier alpha value is -0.840. The highest BCUT2D eigenvalue weighted by molar-refractivity contribution is 9.10. The van der Waals surface area contributed by atoms with Crippen LogP contribution < -0.4 is 11.1 Å². The van der Waals surface area contributed by atoms with Crippen LogP contribution in [0.15, 0.2) is 10.8 Å². The van der Waals surface area contributed by atoms with E-state index in [1.165, 1.54) is 32.0 Å². The van der Waals surface area contributed by atoms with Crippen LogP contribution in [0.5, 0.6) is 0 Å². The van der Waals surface area contributed by atoms with Crippen LogP contribution in [-0.4, -0.2) is 16.0 Å². The minimum absolute atomic E-state index is 0.490. The van der Waals surface area contributed by atoms with E-state index in [2.05, 4.69) is 45.1 Å². The molecule has 0 bridgehead atoms. The van der Waals surface area contributed by atoms with Gasteiger partial charge in [0.25, 0.3) is 0 Å². The molecule has 1 heterocycles. The average Bonchev–Trinajstić information content (AvgIpc) is 2.35. The van der Waals surface area contributed by atoms with E-state index < -0.39 is 0 Å². The van der Waals surface area contributed by atoms with E-state index in [1.54, 1.807) is 0 Å². The minimum atomic E-state index is 0.490. The molecule has 0 aromatic carbocycles. The van der Waals surface area contributed by atoms with Crippen molar-refractivity contribution in [3.8, 4) is 0 Å². The Morgan fingerprint density at radius 2 is 2.06 bits per heavy atom. The molecule has 1 aromatic heterocycles. The van der Waals surface area contributed by atoms with E-state index in [9.17, 15) is 0 Å². The Balaban J connectivity index is 2.13. The molecule has 0 radical (unpaired) electrons. The third kappa shape index (κ3) is 2.94. The molecule has 0 saturated heterocycles. The maximum Gasteiger partial charge on any atom is 0.146 e.